The van der Waals surface area contributed by atoms with Crippen molar-refractivity contribution < 1.29 is 4.79 Å². The maximum atomic E-state index is 12.0. The smallest absolute Gasteiger partial charge is 0.227 e. The molecule has 1 atom stereocenters. The van der Waals surface area contributed by atoms with Crippen molar-refractivity contribution in [1.29, 1.82) is 0 Å². The number of halogens is 1. The van der Waals surface area contributed by atoms with E-state index in [-0.39, 0.29) is 11.9 Å². The molecule has 3 heterocycles. The van der Waals surface area contributed by atoms with E-state index < -0.39 is 0 Å². The molecule has 2 aliphatic rings. The Balaban J connectivity index is 1.85. The van der Waals surface area contributed by atoms with Gasteiger partial charge in [-0.15, -0.1) is 0 Å². The summed E-state index contributed by atoms with van der Waals surface area (Å²) in [7, 11) is 2.08. The molecule has 0 bridgehead atoms. The third kappa shape index (κ3) is 2.20. The van der Waals surface area contributed by atoms with Crippen molar-refractivity contribution in [2.45, 2.75) is 25.8 Å². The van der Waals surface area contributed by atoms with Crippen molar-refractivity contribution in [3.8, 4) is 11.1 Å². The predicted molar refractivity (Wildman–Crippen MR) is 93.1 cm³/mol. The molecule has 0 N–H and O–H groups in total. The standard InChI is InChI=1S/C18H18ClN3O/c1-11-14-9-17(19)20-10-15(14)13-6-5-12(8-16(13)21(11)2)22-7-3-4-18(22)23/h5-6,8-11H,3-4,7H2,1-2H3. The minimum Gasteiger partial charge on any atom is -0.367 e. The molecule has 0 radical (unpaired) electrons. The fourth-order valence-corrected chi connectivity index (χ4v) is 3.73. The Hall–Kier alpha value is -2.07. The van der Waals surface area contributed by atoms with E-state index in [0.29, 0.717) is 11.6 Å². The highest BCUT2D eigenvalue weighted by molar-refractivity contribution is 6.29. The molecular weight excluding hydrogens is 310 g/mol. The Kier molecular flexibility index (Phi) is 3.31. The van der Waals surface area contributed by atoms with Crippen LogP contribution in [0.5, 0.6) is 0 Å². The summed E-state index contributed by atoms with van der Waals surface area (Å²) in [6.07, 6.45) is 3.43. The van der Waals surface area contributed by atoms with Gasteiger partial charge in [-0.1, -0.05) is 17.7 Å². The Morgan fingerprint density at radius 1 is 1.26 bits per heavy atom. The van der Waals surface area contributed by atoms with E-state index in [9.17, 15) is 4.79 Å². The van der Waals surface area contributed by atoms with E-state index in [4.69, 9.17) is 11.6 Å². The third-order valence-electron chi connectivity index (χ3n) is 4.97. The van der Waals surface area contributed by atoms with Crippen LogP contribution in [-0.2, 0) is 4.79 Å². The lowest BCUT2D eigenvalue weighted by atomic mass is 9.90. The molecule has 1 aromatic carbocycles. The van der Waals surface area contributed by atoms with Gasteiger partial charge >= 0.3 is 0 Å². The average molecular weight is 328 g/mol. The van der Waals surface area contributed by atoms with E-state index in [1.165, 1.54) is 5.56 Å². The van der Waals surface area contributed by atoms with E-state index >= 15 is 0 Å². The lowest BCUT2D eigenvalue weighted by molar-refractivity contribution is -0.117. The molecule has 1 saturated heterocycles. The summed E-state index contributed by atoms with van der Waals surface area (Å²) in [5.74, 6) is 0.213. The molecule has 4 rings (SSSR count). The van der Waals surface area contributed by atoms with Crippen LogP contribution in [0.2, 0.25) is 5.15 Å². The molecule has 1 amide bonds. The minimum absolute atomic E-state index is 0.211. The molecule has 1 aromatic heterocycles. The summed E-state index contributed by atoms with van der Waals surface area (Å²) in [6, 6.07) is 8.39. The van der Waals surface area contributed by atoms with Crippen LogP contribution in [0, 0.1) is 0 Å². The monoisotopic (exact) mass is 327 g/mol. The second-order valence-corrected chi connectivity index (χ2v) is 6.62. The van der Waals surface area contributed by atoms with Gasteiger partial charge in [0.15, 0.2) is 0 Å². The molecule has 1 unspecified atom stereocenters. The number of carbonyl (C=O) groups excluding carboxylic acids is 1. The second-order valence-electron chi connectivity index (χ2n) is 6.23. The molecule has 2 aromatic rings. The van der Waals surface area contributed by atoms with E-state index in [0.717, 1.165) is 35.5 Å². The van der Waals surface area contributed by atoms with Gasteiger partial charge in [0.25, 0.3) is 0 Å². The zero-order valence-corrected chi connectivity index (χ0v) is 14.0. The number of nitrogens with zero attached hydrogens (tertiary/aromatic N) is 3. The number of hydrogen-bond donors (Lipinski definition) is 0. The van der Waals surface area contributed by atoms with Crippen molar-refractivity contribution in [3.05, 3.63) is 41.2 Å². The fraction of sp³-hybridized carbons (Fsp3) is 0.333. The van der Waals surface area contributed by atoms with Gasteiger partial charge in [0, 0.05) is 48.7 Å². The van der Waals surface area contributed by atoms with Gasteiger partial charge in [0.1, 0.15) is 5.15 Å². The largest absolute Gasteiger partial charge is 0.367 e. The second kappa shape index (κ2) is 5.24. The number of hydrogen-bond acceptors (Lipinski definition) is 3. The summed E-state index contributed by atoms with van der Waals surface area (Å²) in [5.41, 5.74) is 5.56. The summed E-state index contributed by atoms with van der Waals surface area (Å²) < 4.78 is 0. The van der Waals surface area contributed by atoms with Gasteiger partial charge < -0.3 is 9.80 Å². The molecule has 0 aliphatic carbocycles. The molecular formula is C18H18ClN3O. The van der Waals surface area contributed by atoms with E-state index in [1.54, 1.807) is 0 Å². The lowest BCUT2D eigenvalue weighted by Crippen LogP contribution is -2.28. The predicted octanol–water partition coefficient (Wildman–Crippen LogP) is 4.04. The highest BCUT2D eigenvalue weighted by Crippen LogP contribution is 2.45. The van der Waals surface area contributed by atoms with Gasteiger partial charge in [-0.25, -0.2) is 4.98 Å². The molecule has 0 spiro atoms. The Bertz CT molecular complexity index is 805. The van der Waals surface area contributed by atoms with Gasteiger partial charge in [0.05, 0.1) is 6.04 Å². The number of fused-ring (bicyclic) bond motifs is 3. The number of pyridine rings is 1. The molecule has 23 heavy (non-hydrogen) atoms. The molecule has 0 saturated carbocycles. The zero-order chi connectivity index (χ0) is 16.1. The number of benzene rings is 1. The van der Waals surface area contributed by atoms with Crippen LogP contribution >= 0.6 is 11.6 Å². The van der Waals surface area contributed by atoms with Crippen molar-refractivity contribution in [2.24, 2.45) is 0 Å². The fourth-order valence-electron chi connectivity index (χ4n) is 3.56. The van der Waals surface area contributed by atoms with Crippen LogP contribution in [0.15, 0.2) is 30.5 Å². The highest BCUT2D eigenvalue weighted by atomic mass is 35.5. The van der Waals surface area contributed by atoms with Gasteiger partial charge in [-0.2, -0.15) is 0 Å². The van der Waals surface area contributed by atoms with Crippen molar-refractivity contribution in [1.82, 2.24) is 4.98 Å². The normalized spacial score (nSPS) is 19.8. The first-order chi connectivity index (χ1) is 11.1. The molecule has 2 aliphatic heterocycles. The summed E-state index contributed by atoms with van der Waals surface area (Å²) in [5, 5.41) is 0.520. The zero-order valence-electron chi connectivity index (χ0n) is 13.2. The Morgan fingerprint density at radius 3 is 2.83 bits per heavy atom. The summed E-state index contributed by atoms with van der Waals surface area (Å²) in [6.45, 7) is 2.97. The number of carbonyl (C=O) groups is 1. The first-order valence-electron chi connectivity index (χ1n) is 7.89. The Labute approximate surface area is 140 Å². The first kappa shape index (κ1) is 14.5. The van der Waals surface area contributed by atoms with Crippen LogP contribution in [0.4, 0.5) is 11.4 Å². The first-order valence-corrected chi connectivity index (χ1v) is 8.27. The van der Waals surface area contributed by atoms with Crippen molar-refractivity contribution in [2.75, 3.05) is 23.4 Å². The van der Waals surface area contributed by atoms with Crippen LogP contribution in [0.3, 0.4) is 0 Å². The van der Waals surface area contributed by atoms with Crippen LogP contribution < -0.4 is 9.80 Å². The van der Waals surface area contributed by atoms with Gasteiger partial charge in [0.2, 0.25) is 5.91 Å². The summed E-state index contributed by atoms with van der Waals surface area (Å²) >= 11 is 6.07. The number of aromatic nitrogens is 1. The number of amides is 1. The molecule has 4 nitrogen and oxygen atoms in total. The molecule has 5 heteroatoms. The minimum atomic E-state index is 0.211. The Morgan fingerprint density at radius 2 is 2.09 bits per heavy atom. The maximum absolute atomic E-state index is 12.0. The van der Waals surface area contributed by atoms with E-state index in [2.05, 4.69) is 36.0 Å². The van der Waals surface area contributed by atoms with E-state index in [1.807, 2.05) is 23.2 Å². The topological polar surface area (TPSA) is 36.4 Å². The van der Waals surface area contributed by atoms with Gasteiger partial charge in [-0.3, -0.25) is 4.79 Å². The third-order valence-corrected chi connectivity index (χ3v) is 5.18. The van der Waals surface area contributed by atoms with Crippen LogP contribution in [0.1, 0.15) is 31.4 Å². The summed E-state index contributed by atoms with van der Waals surface area (Å²) in [4.78, 5) is 20.4. The van der Waals surface area contributed by atoms with Crippen molar-refractivity contribution >= 4 is 28.9 Å². The maximum Gasteiger partial charge on any atom is 0.227 e. The number of anilines is 2. The van der Waals surface area contributed by atoms with Crippen LogP contribution in [0.25, 0.3) is 11.1 Å². The highest BCUT2D eigenvalue weighted by Gasteiger charge is 2.28. The van der Waals surface area contributed by atoms with Crippen molar-refractivity contribution in [3.63, 3.8) is 0 Å². The van der Waals surface area contributed by atoms with Gasteiger partial charge in [-0.05, 0) is 37.1 Å². The molecule has 1 fully saturated rings. The lowest BCUT2D eigenvalue weighted by Gasteiger charge is -2.36. The average Bonchev–Trinajstić information content (AvgIpc) is 2.98. The SMILES string of the molecule is CC1c2cc(Cl)ncc2-c2ccc(N3CCCC3=O)cc2N1C. The molecule has 118 valence electrons. The quantitative estimate of drug-likeness (QED) is 0.742. The number of rotatable bonds is 1. The van der Waals surface area contributed by atoms with Crippen LogP contribution in [-0.4, -0.2) is 24.5 Å².